The quantitative estimate of drug-likeness (QED) is 0.475. The molecule has 5 aromatic rings. The Hall–Kier alpha value is -3.52. The Morgan fingerprint density at radius 2 is 2.14 bits per heavy atom. The Kier molecular flexibility index (Phi) is 4.13. The SMILES string of the molecule is Cc1ccc2nc(NC(=O)Cn3nc(C)c4c(-c5ccco5)ccnc43)sc2c1. The lowest BCUT2D eigenvalue weighted by Gasteiger charge is -2.04. The molecule has 29 heavy (non-hydrogen) atoms. The minimum absolute atomic E-state index is 0.0495. The maximum absolute atomic E-state index is 12.6. The zero-order chi connectivity index (χ0) is 20.0. The van der Waals surface area contributed by atoms with Gasteiger partial charge in [0.2, 0.25) is 5.91 Å². The number of aromatic nitrogens is 4. The number of hydrogen-bond donors (Lipinski definition) is 1. The highest BCUT2D eigenvalue weighted by Gasteiger charge is 2.17. The molecule has 0 saturated carbocycles. The molecule has 0 aliphatic rings. The summed E-state index contributed by atoms with van der Waals surface area (Å²) in [6, 6.07) is 11.7. The van der Waals surface area contributed by atoms with Crippen LogP contribution < -0.4 is 5.32 Å². The highest BCUT2D eigenvalue weighted by molar-refractivity contribution is 7.22. The number of thiazole rings is 1. The van der Waals surface area contributed by atoms with Crippen molar-refractivity contribution in [2.75, 3.05) is 5.32 Å². The molecule has 0 saturated heterocycles. The molecular weight excluding hydrogens is 386 g/mol. The van der Waals surface area contributed by atoms with Gasteiger partial charge in [-0.15, -0.1) is 0 Å². The normalized spacial score (nSPS) is 11.4. The fraction of sp³-hybridized carbons (Fsp3) is 0.143. The van der Waals surface area contributed by atoms with Crippen LogP contribution in [0.25, 0.3) is 32.6 Å². The number of anilines is 1. The number of fused-ring (bicyclic) bond motifs is 2. The smallest absolute Gasteiger partial charge is 0.247 e. The van der Waals surface area contributed by atoms with Crippen molar-refractivity contribution in [3.63, 3.8) is 0 Å². The number of carbonyl (C=O) groups is 1. The number of rotatable bonds is 4. The topological polar surface area (TPSA) is 85.8 Å². The molecule has 7 nitrogen and oxygen atoms in total. The zero-order valence-corrected chi connectivity index (χ0v) is 16.7. The van der Waals surface area contributed by atoms with Crippen molar-refractivity contribution >= 4 is 43.6 Å². The van der Waals surface area contributed by atoms with Gasteiger partial charge in [0.25, 0.3) is 0 Å². The van der Waals surface area contributed by atoms with E-state index < -0.39 is 0 Å². The van der Waals surface area contributed by atoms with E-state index in [9.17, 15) is 4.79 Å². The lowest BCUT2D eigenvalue weighted by atomic mass is 10.1. The van der Waals surface area contributed by atoms with Gasteiger partial charge < -0.3 is 9.73 Å². The Morgan fingerprint density at radius 1 is 1.24 bits per heavy atom. The second-order valence-corrected chi connectivity index (χ2v) is 7.85. The highest BCUT2D eigenvalue weighted by atomic mass is 32.1. The number of pyridine rings is 1. The Morgan fingerprint density at radius 3 is 2.97 bits per heavy atom. The predicted molar refractivity (Wildman–Crippen MR) is 113 cm³/mol. The predicted octanol–water partition coefficient (Wildman–Crippen LogP) is 4.56. The van der Waals surface area contributed by atoms with Crippen LogP contribution >= 0.6 is 11.3 Å². The van der Waals surface area contributed by atoms with Crippen LogP contribution in [0.5, 0.6) is 0 Å². The van der Waals surface area contributed by atoms with Gasteiger partial charge in [-0.25, -0.2) is 14.6 Å². The highest BCUT2D eigenvalue weighted by Crippen LogP contribution is 2.30. The number of hydrogen-bond acceptors (Lipinski definition) is 6. The van der Waals surface area contributed by atoms with Gasteiger partial charge in [0, 0.05) is 11.8 Å². The first-order chi connectivity index (χ1) is 14.1. The van der Waals surface area contributed by atoms with Gasteiger partial charge in [-0.05, 0) is 49.7 Å². The van der Waals surface area contributed by atoms with Gasteiger partial charge in [0.1, 0.15) is 12.3 Å². The van der Waals surface area contributed by atoms with Crippen LogP contribution in [-0.2, 0) is 11.3 Å². The summed E-state index contributed by atoms with van der Waals surface area (Å²) in [5.74, 6) is 0.546. The summed E-state index contributed by atoms with van der Waals surface area (Å²) >= 11 is 1.46. The molecule has 0 aliphatic heterocycles. The fourth-order valence-corrected chi connectivity index (χ4v) is 4.39. The first kappa shape index (κ1) is 17.6. The van der Waals surface area contributed by atoms with Crippen LogP contribution in [0.2, 0.25) is 0 Å². The van der Waals surface area contributed by atoms with Crippen molar-refractivity contribution < 1.29 is 9.21 Å². The molecule has 1 aromatic carbocycles. The summed E-state index contributed by atoms with van der Waals surface area (Å²) in [6.07, 6.45) is 3.33. The van der Waals surface area contributed by atoms with Gasteiger partial charge in [0.15, 0.2) is 10.8 Å². The van der Waals surface area contributed by atoms with Gasteiger partial charge in [0.05, 0.1) is 27.6 Å². The van der Waals surface area contributed by atoms with Crippen LogP contribution in [0.15, 0.2) is 53.3 Å². The summed E-state index contributed by atoms with van der Waals surface area (Å²) in [4.78, 5) is 21.6. The molecule has 0 aliphatic carbocycles. The van der Waals surface area contributed by atoms with E-state index in [0.29, 0.717) is 10.8 Å². The standard InChI is InChI=1S/C21H17N5O2S/c1-12-5-6-15-17(10-12)29-21(23-15)24-18(27)11-26-20-19(13(2)25-26)14(7-8-22-20)16-4-3-9-28-16/h3-10H,11H2,1-2H3,(H,23,24,27). The third-order valence-corrected chi connectivity index (χ3v) is 5.61. The minimum atomic E-state index is -0.199. The molecule has 0 bridgehead atoms. The van der Waals surface area contributed by atoms with Crippen molar-refractivity contribution in [2.24, 2.45) is 0 Å². The van der Waals surface area contributed by atoms with E-state index in [1.54, 1.807) is 17.1 Å². The van der Waals surface area contributed by atoms with Gasteiger partial charge in [-0.2, -0.15) is 5.10 Å². The molecule has 8 heteroatoms. The number of amides is 1. The second-order valence-electron chi connectivity index (χ2n) is 6.82. The number of furan rings is 1. The fourth-order valence-electron chi connectivity index (χ4n) is 3.41. The molecular formula is C21H17N5O2S. The molecule has 4 heterocycles. The maximum Gasteiger partial charge on any atom is 0.247 e. The minimum Gasteiger partial charge on any atom is -0.464 e. The number of carbonyl (C=O) groups excluding carboxylic acids is 1. The summed E-state index contributed by atoms with van der Waals surface area (Å²) in [6.45, 7) is 3.99. The summed E-state index contributed by atoms with van der Waals surface area (Å²) < 4.78 is 8.20. The van der Waals surface area contributed by atoms with E-state index in [4.69, 9.17) is 4.42 Å². The van der Waals surface area contributed by atoms with Crippen LogP contribution in [0.1, 0.15) is 11.3 Å². The van der Waals surface area contributed by atoms with Gasteiger partial charge in [-0.3, -0.25) is 4.79 Å². The molecule has 0 spiro atoms. The molecule has 144 valence electrons. The van der Waals surface area contributed by atoms with Crippen LogP contribution in [-0.4, -0.2) is 25.7 Å². The van der Waals surface area contributed by atoms with Crippen LogP contribution in [0.3, 0.4) is 0 Å². The number of benzene rings is 1. The molecule has 0 atom stereocenters. The summed E-state index contributed by atoms with van der Waals surface area (Å²) in [7, 11) is 0. The monoisotopic (exact) mass is 403 g/mol. The number of aryl methyl sites for hydroxylation is 2. The lowest BCUT2D eigenvalue weighted by molar-refractivity contribution is -0.116. The molecule has 0 fully saturated rings. The molecule has 5 rings (SSSR count). The first-order valence-corrected chi connectivity index (χ1v) is 9.93. The molecule has 1 N–H and O–H groups in total. The van der Waals surface area contributed by atoms with Crippen molar-refractivity contribution in [2.45, 2.75) is 20.4 Å². The van der Waals surface area contributed by atoms with Crippen LogP contribution in [0.4, 0.5) is 5.13 Å². The van der Waals surface area contributed by atoms with E-state index in [1.807, 2.05) is 44.2 Å². The van der Waals surface area contributed by atoms with Crippen molar-refractivity contribution in [1.29, 1.82) is 0 Å². The summed E-state index contributed by atoms with van der Waals surface area (Å²) in [5.41, 5.74) is 4.39. The second kappa shape index (κ2) is 6.82. The lowest BCUT2D eigenvalue weighted by Crippen LogP contribution is -2.19. The first-order valence-electron chi connectivity index (χ1n) is 9.11. The molecule has 0 radical (unpaired) electrons. The van der Waals surface area contributed by atoms with E-state index in [2.05, 4.69) is 26.4 Å². The van der Waals surface area contributed by atoms with Gasteiger partial charge in [-0.1, -0.05) is 17.4 Å². The third-order valence-electron chi connectivity index (χ3n) is 4.68. The Labute approximate surface area is 170 Å². The van der Waals surface area contributed by atoms with Crippen LogP contribution in [0, 0.1) is 13.8 Å². The molecule has 1 amide bonds. The largest absolute Gasteiger partial charge is 0.464 e. The third kappa shape index (κ3) is 3.17. The van der Waals surface area contributed by atoms with Crippen molar-refractivity contribution in [3.05, 3.63) is 60.1 Å². The molecule has 0 unspecified atom stereocenters. The van der Waals surface area contributed by atoms with E-state index in [0.717, 1.165) is 38.2 Å². The number of nitrogens with zero attached hydrogens (tertiary/aromatic N) is 4. The van der Waals surface area contributed by atoms with E-state index >= 15 is 0 Å². The van der Waals surface area contributed by atoms with Gasteiger partial charge >= 0.3 is 0 Å². The van der Waals surface area contributed by atoms with Crippen molar-refractivity contribution in [3.8, 4) is 11.3 Å². The van der Waals surface area contributed by atoms with E-state index in [-0.39, 0.29) is 12.5 Å². The van der Waals surface area contributed by atoms with E-state index in [1.165, 1.54) is 11.3 Å². The average molecular weight is 403 g/mol. The summed E-state index contributed by atoms with van der Waals surface area (Å²) in [5, 5.41) is 8.86. The zero-order valence-electron chi connectivity index (χ0n) is 15.8. The average Bonchev–Trinajstić information content (AvgIpc) is 3.41. The molecule has 4 aromatic heterocycles. The Bertz CT molecular complexity index is 1350. The Balaban J connectivity index is 1.44. The maximum atomic E-state index is 12.6. The number of nitrogens with one attached hydrogen (secondary N) is 1. The van der Waals surface area contributed by atoms with Crippen molar-refractivity contribution in [1.82, 2.24) is 19.7 Å².